The number of nitrogens with zero attached hydrogens (tertiary/aromatic N) is 4. The van der Waals surface area contributed by atoms with Gasteiger partial charge in [0.1, 0.15) is 17.8 Å². The van der Waals surface area contributed by atoms with E-state index in [0.29, 0.717) is 31.3 Å². The van der Waals surface area contributed by atoms with E-state index in [1.807, 2.05) is 6.07 Å². The number of halogens is 2. The standard InChI is InChI=1S/C33H42Cl2N4O7S/c1-32(2,3)45-30(42)37-17-21-14-22(25-15-36-29(47-25)44-13-12-40)26(24(18-37)39(21)31(43)46-33(4,5)6)28(41)38(20-10-11-20)16-19-8-7-9-23(34)27(19)35/h7-9,15,20-21,24,40H,10-14,16-18H2,1-6H3/t21?,24-/m1/s1. The van der Waals surface area contributed by atoms with Crippen LogP contribution in [0.3, 0.4) is 0 Å². The van der Waals surface area contributed by atoms with E-state index in [1.54, 1.807) is 74.6 Å². The number of aliphatic hydroxyl groups is 1. The highest BCUT2D eigenvalue weighted by molar-refractivity contribution is 7.14. The van der Waals surface area contributed by atoms with Gasteiger partial charge >= 0.3 is 12.2 Å². The molecule has 11 nitrogen and oxygen atoms in total. The maximum absolute atomic E-state index is 15.0. The van der Waals surface area contributed by atoms with Crippen LogP contribution in [0.1, 0.15) is 71.2 Å². The first-order valence-corrected chi connectivity index (χ1v) is 17.3. The average Bonchev–Trinajstić information content (AvgIpc) is 3.70. The molecule has 5 rings (SSSR count). The lowest BCUT2D eigenvalue weighted by atomic mass is 9.83. The Hall–Kier alpha value is -3.06. The van der Waals surface area contributed by atoms with Gasteiger partial charge in [-0.1, -0.05) is 46.7 Å². The molecule has 1 saturated carbocycles. The summed E-state index contributed by atoms with van der Waals surface area (Å²) in [6.07, 6.45) is 2.47. The molecule has 2 fully saturated rings. The Morgan fingerprint density at radius 2 is 1.72 bits per heavy atom. The molecule has 2 aromatic rings. The van der Waals surface area contributed by atoms with Crippen molar-refractivity contribution >= 4 is 58.2 Å². The molecule has 256 valence electrons. The Bertz CT molecular complexity index is 1550. The number of fused-ring (bicyclic) bond motifs is 2. The van der Waals surface area contributed by atoms with Crippen LogP contribution >= 0.6 is 34.5 Å². The van der Waals surface area contributed by atoms with Crippen molar-refractivity contribution in [3.8, 4) is 5.19 Å². The maximum atomic E-state index is 15.0. The minimum atomic E-state index is -0.840. The summed E-state index contributed by atoms with van der Waals surface area (Å²) in [4.78, 5) is 52.4. The average molecular weight is 710 g/mol. The molecule has 2 aliphatic heterocycles. The van der Waals surface area contributed by atoms with Crippen molar-refractivity contribution in [1.82, 2.24) is 19.7 Å². The first-order chi connectivity index (χ1) is 22.1. The highest BCUT2D eigenvalue weighted by atomic mass is 35.5. The van der Waals surface area contributed by atoms with Crippen LogP contribution in [0, 0.1) is 0 Å². The number of amides is 3. The van der Waals surface area contributed by atoms with Gasteiger partial charge in [-0.3, -0.25) is 9.69 Å². The summed E-state index contributed by atoms with van der Waals surface area (Å²) >= 11 is 14.2. The molecule has 1 aromatic heterocycles. The van der Waals surface area contributed by atoms with E-state index in [-0.39, 0.29) is 51.2 Å². The number of aromatic nitrogens is 1. The quantitative estimate of drug-likeness (QED) is 0.335. The van der Waals surface area contributed by atoms with Gasteiger partial charge in [-0.05, 0) is 78.0 Å². The molecule has 1 saturated heterocycles. The first-order valence-electron chi connectivity index (χ1n) is 15.7. The number of benzene rings is 1. The van der Waals surface area contributed by atoms with Gasteiger partial charge in [0.25, 0.3) is 11.1 Å². The van der Waals surface area contributed by atoms with Crippen LogP contribution in [0.2, 0.25) is 10.0 Å². The third-order valence-corrected chi connectivity index (χ3v) is 9.69. The van der Waals surface area contributed by atoms with Gasteiger partial charge < -0.3 is 29.1 Å². The molecule has 2 bridgehead atoms. The topological polar surface area (TPSA) is 122 Å². The zero-order chi connectivity index (χ0) is 34.3. The zero-order valence-electron chi connectivity index (χ0n) is 27.5. The first kappa shape index (κ1) is 35.3. The van der Waals surface area contributed by atoms with E-state index in [4.69, 9.17) is 37.4 Å². The number of rotatable bonds is 8. The summed E-state index contributed by atoms with van der Waals surface area (Å²) in [6.45, 7) is 11.1. The van der Waals surface area contributed by atoms with Crippen molar-refractivity contribution in [2.24, 2.45) is 0 Å². The van der Waals surface area contributed by atoms with Gasteiger partial charge in [-0.25, -0.2) is 14.6 Å². The molecule has 2 atom stereocenters. The van der Waals surface area contributed by atoms with Crippen molar-refractivity contribution in [2.75, 3.05) is 26.3 Å². The monoisotopic (exact) mass is 708 g/mol. The fraction of sp³-hybridized carbons (Fsp3) is 0.576. The lowest BCUT2D eigenvalue weighted by Crippen LogP contribution is -2.66. The lowest BCUT2D eigenvalue weighted by Gasteiger charge is -2.51. The van der Waals surface area contributed by atoms with Crippen molar-refractivity contribution in [3.63, 3.8) is 0 Å². The van der Waals surface area contributed by atoms with Crippen LogP contribution < -0.4 is 4.74 Å². The van der Waals surface area contributed by atoms with Gasteiger partial charge in [0, 0.05) is 37.4 Å². The second-order valence-corrected chi connectivity index (χ2v) is 15.8. The molecule has 0 spiro atoms. The summed E-state index contributed by atoms with van der Waals surface area (Å²) in [5, 5.41) is 10.4. The molecule has 0 radical (unpaired) electrons. The molecule has 3 aliphatic rings. The molecular formula is C33H42Cl2N4O7S. The van der Waals surface area contributed by atoms with E-state index in [0.717, 1.165) is 18.4 Å². The zero-order valence-corrected chi connectivity index (χ0v) is 29.9. The summed E-state index contributed by atoms with van der Waals surface area (Å²) in [5.74, 6) is -0.271. The van der Waals surface area contributed by atoms with Gasteiger partial charge in [0.15, 0.2) is 0 Å². The molecule has 14 heteroatoms. The molecule has 1 unspecified atom stereocenters. The smallest absolute Gasteiger partial charge is 0.411 e. The van der Waals surface area contributed by atoms with Crippen LogP contribution in [0.25, 0.3) is 5.57 Å². The van der Waals surface area contributed by atoms with Gasteiger partial charge in [-0.2, -0.15) is 0 Å². The van der Waals surface area contributed by atoms with E-state index >= 15 is 4.79 Å². The second-order valence-electron chi connectivity index (χ2n) is 14.0. The number of ether oxygens (including phenoxy) is 3. The Kier molecular flexibility index (Phi) is 10.4. The number of aliphatic hydroxyl groups excluding tert-OH is 1. The Morgan fingerprint density at radius 1 is 1.04 bits per heavy atom. The van der Waals surface area contributed by atoms with E-state index in [1.165, 1.54) is 11.3 Å². The largest absolute Gasteiger partial charge is 0.468 e. The number of carbonyl (C=O) groups excluding carboxylic acids is 3. The molecule has 1 N–H and O–H groups in total. The van der Waals surface area contributed by atoms with Crippen molar-refractivity contribution in [3.05, 3.63) is 50.5 Å². The Morgan fingerprint density at radius 3 is 2.36 bits per heavy atom. The second kappa shape index (κ2) is 13.8. The highest BCUT2D eigenvalue weighted by Crippen LogP contribution is 2.44. The third-order valence-electron chi connectivity index (χ3n) is 7.86. The summed E-state index contributed by atoms with van der Waals surface area (Å²) < 4.78 is 17.2. The fourth-order valence-corrected chi connectivity index (χ4v) is 7.08. The minimum Gasteiger partial charge on any atom is -0.468 e. The number of hydrogen-bond donors (Lipinski definition) is 1. The van der Waals surface area contributed by atoms with E-state index in [9.17, 15) is 14.7 Å². The fourth-order valence-electron chi connectivity index (χ4n) is 5.84. The molecule has 1 aliphatic carbocycles. The normalized spacial score (nSPS) is 19.9. The number of thiazole rings is 1. The summed E-state index contributed by atoms with van der Waals surface area (Å²) in [5.41, 5.74) is 0.289. The maximum Gasteiger partial charge on any atom is 0.411 e. The Balaban J connectivity index is 1.63. The van der Waals surface area contributed by atoms with E-state index in [2.05, 4.69) is 4.98 Å². The minimum absolute atomic E-state index is 0.0261. The van der Waals surface area contributed by atoms with Crippen LogP contribution in [0.4, 0.5) is 9.59 Å². The van der Waals surface area contributed by atoms with Crippen LogP contribution in [0.15, 0.2) is 30.0 Å². The van der Waals surface area contributed by atoms with Crippen molar-refractivity contribution in [1.29, 1.82) is 0 Å². The van der Waals surface area contributed by atoms with Gasteiger partial charge in [0.05, 0.1) is 33.6 Å². The predicted molar refractivity (Wildman–Crippen MR) is 180 cm³/mol. The van der Waals surface area contributed by atoms with Gasteiger partial charge in [-0.15, -0.1) is 0 Å². The number of hydrogen-bond acceptors (Lipinski definition) is 9. The number of carbonyl (C=O) groups is 3. The molecule has 47 heavy (non-hydrogen) atoms. The third kappa shape index (κ3) is 8.33. The SMILES string of the molecule is CC(C)(C)OC(=O)N1CC2CC(c3cnc(OCCO)s3)=C(C(=O)N(Cc3cccc(Cl)c3Cl)C3CC3)[C@@H](C1)N2C(=O)OC(C)(C)C. The summed E-state index contributed by atoms with van der Waals surface area (Å²) in [6, 6.07) is 3.95. The van der Waals surface area contributed by atoms with Crippen molar-refractivity contribution in [2.45, 2.75) is 96.7 Å². The van der Waals surface area contributed by atoms with Crippen LogP contribution in [-0.4, -0.2) is 98.5 Å². The lowest BCUT2D eigenvalue weighted by molar-refractivity contribution is -0.129. The Labute approximate surface area is 289 Å². The predicted octanol–water partition coefficient (Wildman–Crippen LogP) is 6.39. The van der Waals surface area contributed by atoms with Crippen LogP contribution in [0.5, 0.6) is 5.19 Å². The van der Waals surface area contributed by atoms with Gasteiger partial charge in [0.2, 0.25) is 0 Å². The van der Waals surface area contributed by atoms with Crippen LogP contribution in [-0.2, 0) is 20.8 Å². The summed E-state index contributed by atoms with van der Waals surface area (Å²) in [7, 11) is 0. The van der Waals surface area contributed by atoms with Crippen molar-refractivity contribution < 1.29 is 33.7 Å². The molecule has 3 amide bonds. The molecular weight excluding hydrogens is 667 g/mol. The van der Waals surface area contributed by atoms with E-state index < -0.39 is 35.5 Å². The highest BCUT2D eigenvalue weighted by Gasteiger charge is 2.51. The molecule has 1 aromatic carbocycles. The number of piperazine rings is 1. The molecule has 3 heterocycles.